The number of rotatable bonds is 7. The second-order valence-corrected chi connectivity index (χ2v) is 10.1. The smallest absolute Gasteiger partial charge is 0.310 e. The SMILES string of the molecule is CCO[C@@H]1OC(=O)C[C@@H]1NC(=O)[C@@H]1CCCN1C(=O)[C@@H](NC(=O)c1cccc(O)c1Cl)C(C)(C)C. The summed E-state index contributed by atoms with van der Waals surface area (Å²) in [5.41, 5.74) is -0.650. The lowest BCUT2D eigenvalue weighted by Crippen LogP contribution is -2.58. The molecule has 3 rings (SSSR count). The highest BCUT2D eigenvalue weighted by Crippen LogP contribution is 2.29. The van der Waals surface area contributed by atoms with Gasteiger partial charge in [0.1, 0.15) is 23.9 Å². The molecule has 0 radical (unpaired) electrons. The van der Waals surface area contributed by atoms with E-state index in [-0.39, 0.29) is 22.8 Å². The van der Waals surface area contributed by atoms with Gasteiger partial charge < -0.3 is 30.1 Å². The van der Waals surface area contributed by atoms with Crippen LogP contribution in [0.15, 0.2) is 18.2 Å². The number of amides is 3. The van der Waals surface area contributed by atoms with Gasteiger partial charge in [0.05, 0.1) is 17.0 Å². The van der Waals surface area contributed by atoms with Crippen LogP contribution in [0, 0.1) is 5.41 Å². The highest BCUT2D eigenvalue weighted by Gasteiger charge is 2.44. The Hall–Kier alpha value is -2.85. The molecule has 0 spiro atoms. The molecule has 3 amide bonds. The number of likely N-dealkylation sites (tertiary alicyclic amines) is 1. The number of carbonyl (C=O) groups excluding carboxylic acids is 4. The summed E-state index contributed by atoms with van der Waals surface area (Å²) in [6.07, 6.45) is 0.183. The van der Waals surface area contributed by atoms with Crippen LogP contribution in [0.25, 0.3) is 0 Å². The van der Waals surface area contributed by atoms with Gasteiger partial charge in [0, 0.05) is 13.2 Å². The molecule has 4 atom stereocenters. The Morgan fingerprint density at radius 1 is 1.31 bits per heavy atom. The maximum Gasteiger partial charge on any atom is 0.310 e. The molecule has 0 saturated carbocycles. The minimum atomic E-state index is -0.964. The van der Waals surface area contributed by atoms with Crippen LogP contribution >= 0.6 is 11.6 Å². The standard InChI is InChI=1S/C24H32ClN3O7/c1-5-34-23-14(12-17(30)35-23)26-21(32)15-9-7-11-28(15)22(33)19(24(2,3)4)27-20(31)13-8-6-10-16(29)18(13)25/h6,8,10,14-15,19,23,29H,5,7,9,11-12H2,1-4H3,(H,26,32)(H,27,31)/t14-,15-,19+,23+/m0/s1. The monoisotopic (exact) mass is 509 g/mol. The van der Waals surface area contributed by atoms with Gasteiger partial charge in [-0.25, -0.2) is 0 Å². The van der Waals surface area contributed by atoms with Gasteiger partial charge in [-0.2, -0.15) is 0 Å². The molecule has 0 aliphatic carbocycles. The Balaban J connectivity index is 1.76. The Labute approximate surface area is 209 Å². The van der Waals surface area contributed by atoms with Gasteiger partial charge in [0.25, 0.3) is 5.91 Å². The molecule has 35 heavy (non-hydrogen) atoms. The minimum Gasteiger partial charge on any atom is -0.506 e. The Morgan fingerprint density at radius 2 is 2.03 bits per heavy atom. The topological polar surface area (TPSA) is 134 Å². The van der Waals surface area contributed by atoms with Gasteiger partial charge in [-0.05, 0) is 37.3 Å². The van der Waals surface area contributed by atoms with Crippen LogP contribution in [0.1, 0.15) is 57.3 Å². The quantitative estimate of drug-likeness (QED) is 0.478. The zero-order chi connectivity index (χ0) is 25.9. The Kier molecular flexibility index (Phi) is 8.27. The van der Waals surface area contributed by atoms with Crippen LogP contribution in [-0.4, -0.2) is 71.3 Å². The first-order valence-electron chi connectivity index (χ1n) is 11.6. The summed E-state index contributed by atoms with van der Waals surface area (Å²) in [5.74, 6) is -2.12. The molecule has 0 bridgehead atoms. The lowest BCUT2D eigenvalue weighted by atomic mass is 9.85. The molecule has 11 heteroatoms. The number of halogens is 1. The third-order valence-electron chi connectivity index (χ3n) is 6.07. The fraction of sp³-hybridized carbons (Fsp3) is 0.583. The number of nitrogens with one attached hydrogen (secondary N) is 2. The number of esters is 1. The molecule has 192 valence electrons. The van der Waals surface area contributed by atoms with Crippen LogP contribution in [0.5, 0.6) is 5.75 Å². The molecule has 2 fully saturated rings. The van der Waals surface area contributed by atoms with Crippen molar-refractivity contribution < 1.29 is 33.8 Å². The summed E-state index contributed by atoms with van der Waals surface area (Å²) in [7, 11) is 0. The number of hydrogen-bond acceptors (Lipinski definition) is 7. The van der Waals surface area contributed by atoms with Crippen LogP contribution in [-0.2, 0) is 23.9 Å². The molecule has 1 aromatic rings. The van der Waals surface area contributed by atoms with Crippen molar-refractivity contribution in [1.82, 2.24) is 15.5 Å². The van der Waals surface area contributed by atoms with Gasteiger partial charge in [-0.1, -0.05) is 38.4 Å². The molecule has 2 aliphatic rings. The van der Waals surface area contributed by atoms with E-state index in [1.807, 2.05) is 0 Å². The number of cyclic esters (lactones) is 1. The van der Waals surface area contributed by atoms with E-state index in [1.165, 1.54) is 23.1 Å². The third kappa shape index (κ3) is 6.05. The summed E-state index contributed by atoms with van der Waals surface area (Å²) in [5, 5.41) is 15.3. The third-order valence-corrected chi connectivity index (χ3v) is 6.47. The molecule has 0 unspecified atom stereocenters. The van der Waals surface area contributed by atoms with Gasteiger partial charge in [-0.3, -0.25) is 19.2 Å². The maximum absolute atomic E-state index is 13.6. The molecular weight excluding hydrogens is 478 g/mol. The first kappa shape index (κ1) is 26.7. The zero-order valence-electron chi connectivity index (χ0n) is 20.3. The van der Waals surface area contributed by atoms with Crippen LogP contribution < -0.4 is 10.6 Å². The number of phenols is 1. The normalized spacial score (nSPS) is 23.1. The minimum absolute atomic E-state index is 0.0115. The second-order valence-electron chi connectivity index (χ2n) is 9.73. The Bertz CT molecular complexity index is 994. The maximum atomic E-state index is 13.6. The first-order valence-corrected chi connectivity index (χ1v) is 12.0. The number of aromatic hydroxyl groups is 1. The lowest BCUT2D eigenvalue weighted by molar-refractivity contribution is -0.164. The molecule has 2 saturated heterocycles. The van der Waals surface area contributed by atoms with Crippen molar-refractivity contribution in [3.05, 3.63) is 28.8 Å². The molecule has 2 aliphatic heterocycles. The molecule has 10 nitrogen and oxygen atoms in total. The van der Waals surface area contributed by atoms with Crippen LogP contribution in [0.4, 0.5) is 0 Å². The van der Waals surface area contributed by atoms with Crippen molar-refractivity contribution in [2.45, 2.75) is 71.4 Å². The number of hydrogen-bond donors (Lipinski definition) is 3. The molecule has 3 N–H and O–H groups in total. The first-order chi connectivity index (χ1) is 16.4. The van der Waals surface area contributed by atoms with Crippen molar-refractivity contribution in [3.8, 4) is 5.75 Å². The van der Waals surface area contributed by atoms with E-state index in [9.17, 15) is 24.3 Å². The molecule has 2 heterocycles. The van der Waals surface area contributed by atoms with Crippen LogP contribution in [0.3, 0.4) is 0 Å². The number of ether oxygens (including phenoxy) is 2. The lowest BCUT2D eigenvalue weighted by Gasteiger charge is -2.35. The fourth-order valence-corrected chi connectivity index (χ4v) is 4.48. The van der Waals surface area contributed by atoms with Crippen LogP contribution in [0.2, 0.25) is 5.02 Å². The Morgan fingerprint density at radius 3 is 2.69 bits per heavy atom. The van der Waals surface area contributed by atoms with Crippen molar-refractivity contribution in [1.29, 1.82) is 0 Å². The number of carbonyl (C=O) groups is 4. The predicted octanol–water partition coefficient (Wildman–Crippen LogP) is 1.98. The van der Waals surface area contributed by atoms with Gasteiger partial charge in [0.15, 0.2) is 0 Å². The van der Waals surface area contributed by atoms with E-state index in [4.69, 9.17) is 21.1 Å². The highest BCUT2D eigenvalue weighted by molar-refractivity contribution is 6.35. The fourth-order valence-electron chi connectivity index (χ4n) is 4.27. The summed E-state index contributed by atoms with van der Waals surface area (Å²) in [4.78, 5) is 52.8. The van der Waals surface area contributed by atoms with Gasteiger partial charge >= 0.3 is 5.97 Å². The summed E-state index contributed by atoms with van der Waals surface area (Å²) in [6.45, 7) is 7.83. The molecule has 0 aromatic heterocycles. The predicted molar refractivity (Wildman–Crippen MR) is 127 cm³/mol. The van der Waals surface area contributed by atoms with E-state index >= 15 is 0 Å². The molecule has 1 aromatic carbocycles. The number of nitrogens with zero attached hydrogens (tertiary/aromatic N) is 1. The average molecular weight is 510 g/mol. The summed E-state index contributed by atoms with van der Waals surface area (Å²) in [6, 6.07) is 1.93. The summed E-state index contributed by atoms with van der Waals surface area (Å²) >= 11 is 6.08. The van der Waals surface area contributed by atoms with Crippen molar-refractivity contribution in [2.24, 2.45) is 5.41 Å². The second kappa shape index (κ2) is 10.8. The van der Waals surface area contributed by atoms with E-state index < -0.39 is 53.5 Å². The average Bonchev–Trinajstić information content (AvgIpc) is 3.39. The molecular formula is C24H32ClN3O7. The number of phenolic OH excluding ortho intramolecular Hbond substituents is 1. The van der Waals surface area contributed by atoms with E-state index in [0.29, 0.717) is 26.0 Å². The van der Waals surface area contributed by atoms with E-state index in [2.05, 4.69) is 10.6 Å². The van der Waals surface area contributed by atoms with E-state index in [0.717, 1.165) is 0 Å². The number of benzene rings is 1. The highest BCUT2D eigenvalue weighted by atomic mass is 35.5. The zero-order valence-corrected chi connectivity index (χ0v) is 21.1. The van der Waals surface area contributed by atoms with Crippen molar-refractivity contribution in [2.75, 3.05) is 13.2 Å². The van der Waals surface area contributed by atoms with Gasteiger partial charge in [0.2, 0.25) is 18.1 Å². The largest absolute Gasteiger partial charge is 0.506 e. The van der Waals surface area contributed by atoms with Crippen molar-refractivity contribution >= 4 is 35.3 Å². The van der Waals surface area contributed by atoms with Crippen molar-refractivity contribution in [3.63, 3.8) is 0 Å². The van der Waals surface area contributed by atoms with Gasteiger partial charge in [-0.15, -0.1) is 0 Å². The van der Waals surface area contributed by atoms with E-state index in [1.54, 1.807) is 27.7 Å². The summed E-state index contributed by atoms with van der Waals surface area (Å²) < 4.78 is 10.5.